The van der Waals surface area contributed by atoms with Crippen molar-refractivity contribution in [1.29, 1.82) is 0 Å². The Hall–Kier alpha value is -2.97. The molecule has 0 aliphatic carbocycles. The average molecular weight is 291 g/mol. The van der Waals surface area contributed by atoms with E-state index < -0.39 is 10.9 Å². The van der Waals surface area contributed by atoms with Gasteiger partial charge < -0.3 is 10.1 Å². The van der Waals surface area contributed by atoms with E-state index in [9.17, 15) is 14.9 Å². The third-order valence-corrected chi connectivity index (χ3v) is 2.62. The molecule has 9 nitrogen and oxygen atoms in total. The molecule has 2 aromatic rings. The molecule has 0 saturated heterocycles. The Bertz CT molecular complexity index is 682. The van der Waals surface area contributed by atoms with Crippen LogP contribution in [-0.2, 0) is 4.74 Å². The monoisotopic (exact) mass is 291 g/mol. The number of anilines is 1. The number of nitrogens with one attached hydrogen (secondary N) is 1. The number of aromatic nitrogens is 3. The fourth-order valence-electron chi connectivity index (χ4n) is 1.71. The molecule has 0 unspecified atom stereocenters. The molecule has 1 N–H and O–H groups in total. The number of benzene rings is 1. The van der Waals surface area contributed by atoms with Crippen LogP contribution in [-0.4, -0.2) is 39.3 Å². The Balaban J connectivity index is 2.44. The number of esters is 1. The Morgan fingerprint density at radius 2 is 2.24 bits per heavy atom. The molecule has 110 valence electrons. The summed E-state index contributed by atoms with van der Waals surface area (Å²) < 4.78 is 5.79. The average Bonchev–Trinajstić information content (AvgIpc) is 2.96. The van der Waals surface area contributed by atoms with Gasteiger partial charge in [-0.05, 0) is 13.0 Å². The van der Waals surface area contributed by atoms with Crippen molar-refractivity contribution in [2.24, 2.45) is 0 Å². The van der Waals surface area contributed by atoms with E-state index in [1.807, 2.05) is 6.92 Å². The number of carbonyl (C=O) groups excluding carboxylic acids is 1. The predicted octanol–water partition coefficient (Wildman–Crippen LogP) is 1.39. The zero-order valence-corrected chi connectivity index (χ0v) is 11.4. The molecular formula is C12H13N5O4. The van der Waals surface area contributed by atoms with Crippen molar-refractivity contribution in [2.75, 3.05) is 19.0 Å². The fraction of sp³-hybridized carbons (Fsp3) is 0.250. The number of nitro groups is 1. The molecule has 0 bridgehead atoms. The normalized spacial score (nSPS) is 10.2. The largest absolute Gasteiger partial charge is 0.463 e. The lowest BCUT2D eigenvalue weighted by Crippen LogP contribution is -2.06. The highest BCUT2D eigenvalue weighted by molar-refractivity contribution is 5.84. The SMILES string of the molecule is CCNc1cc(-n2cnc(C(=O)OC)n2)cc([N+](=O)[O-])c1. The van der Waals surface area contributed by atoms with Crippen LogP contribution in [0, 0.1) is 10.1 Å². The second-order valence-electron chi connectivity index (χ2n) is 4.03. The summed E-state index contributed by atoms with van der Waals surface area (Å²) >= 11 is 0. The maximum absolute atomic E-state index is 11.3. The van der Waals surface area contributed by atoms with Crippen LogP contribution in [0.4, 0.5) is 11.4 Å². The van der Waals surface area contributed by atoms with Gasteiger partial charge in [0, 0.05) is 24.4 Å². The summed E-state index contributed by atoms with van der Waals surface area (Å²) in [5.41, 5.74) is 0.915. The highest BCUT2D eigenvalue weighted by Crippen LogP contribution is 2.23. The van der Waals surface area contributed by atoms with Crippen molar-refractivity contribution in [2.45, 2.75) is 6.92 Å². The zero-order chi connectivity index (χ0) is 15.4. The molecule has 0 fully saturated rings. The van der Waals surface area contributed by atoms with Gasteiger partial charge in [-0.25, -0.2) is 14.5 Å². The number of hydrogen-bond acceptors (Lipinski definition) is 7. The van der Waals surface area contributed by atoms with E-state index in [1.165, 1.54) is 30.3 Å². The minimum atomic E-state index is -0.675. The molecule has 0 amide bonds. The Morgan fingerprint density at radius 3 is 2.86 bits per heavy atom. The van der Waals surface area contributed by atoms with E-state index in [0.29, 0.717) is 17.9 Å². The Morgan fingerprint density at radius 1 is 1.48 bits per heavy atom. The first-order valence-electron chi connectivity index (χ1n) is 6.09. The lowest BCUT2D eigenvalue weighted by molar-refractivity contribution is -0.384. The van der Waals surface area contributed by atoms with E-state index in [4.69, 9.17) is 0 Å². The van der Waals surface area contributed by atoms with E-state index in [2.05, 4.69) is 20.1 Å². The van der Waals surface area contributed by atoms with Crippen LogP contribution >= 0.6 is 0 Å². The van der Waals surface area contributed by atoms with Crippen LogP contribution in [0.3, 0.4) is 0 Å². The molecule has 0 saturated carbocycles. The molecule has 1 heterocycles. The molecule has 0 aliphatic rings. The van der Waals surface area contributed by atoms with Crippen LogP contribution in [0.1, 0.15) is 17.5 Å². The van der Waals surface area contributed by atoms with Crippen LogP contribution in [0.2, 0.25) is 0 Å². The van der Waals surface area contributed by atoms with E-state index in [1.54, 1.807) is 6.07 Å². The topological polar surface area (TPSA) is 112 Å². The smallest absolute Gasteiger partial charge is 0.377 e. The third-order valence-electron chi connectivity index (χ3n) is 2.62. The third kappa shape index (κ3) is 3.14. The summed E-state index contributed by atoms with van der Waals surface area (Å²) in [6.07, 6.45) is 1.29. The van der Waals surface area contributed by atoms with Crippen LogP contribution in [0.25, 0.3) is 5.69 Å². The van der Waals surface area contributed by atoms with Crippen molar-refractivity contribution >= 4 is 17.3 Å². The van der Waals surface area contributed by atoms with Crippen molar-refractivity contribution in [1.82, 2.24) is 14.8 Å². The van der Waals surface area contributed by atoms with Crippen molar-refractivity contribution < 1.29 is 14.5 Å². The molecule has 0 radical (unpaired) electrons. The molecule has 1 aromatic carbocycles. The highest BCUT2D eigenvalue weighted by atomic mass is 16.6. The second-order valence-corrected chi connectivity index (χ2v) is 4.03. The van der Waals surface area contributed by atoms with Gasteiger partial charge in [-0.3, -0.25) is 10.1 Å². The summed E-state index contributed by atoms with van der Waals surface area (Å²) in [5, 5.41) is 17.9. The fourth-order valence-corrected chi connectivity index (χ4v) is 1.71. The number of ether oxygens (including phenoxy) is 1. The number of nitro benzene ring substituents is 1. The number of rotatable bonds is 5. The molecule has 2 rings (SSSR count). The lowest BCUT2D eigenvalue weighted by Gasteiger charge is -2.06. The highest BCUT2D eigenvalue weighted by Gasteiger charge is 2.15. The number of hydrogen-bond donors (Lipinski definition) is 1. The number of nitrogens with zero attached hydrogens (tertiary/aromatic N) is 4. The summed E-state index contributed by atoms with van der Waals surface area (Å²) in [7, 11) is 1.22. The van der Waals surface area contributed by atoms with Crippen LogP contribution in [0.15, 0.2) is 24.5 Å². The first-order valence-corrected chi connectivity index (χ1v) is 6.09. The van der Waals surface area contributed by atoms with Crippen molar-refractivity contribution in [3.05, 3.63) is 40.5 Å². The van der Waals surface area contributed by atoms with Gasteiger partial charge in [0.2, 0.25) is 0 Å². The summed E-state index contributed by atoms with van der Waals surface area (Å²) in [6, 6.07) is 4.44. The van der Waals surface area contributed by atoms with E-state index in [0.717, 1.165) is 0 Å². The lowest BCUT2D eigenvalue weighted by atomic mass is 10.2. The minimum Gasteiger partial charge on any atom is -0.463 e. The van der Waals surface area contributed by atoms with Gasteiger partial charge in [0.25, 0.3) is 11.5 Å². The number of non-ortho nitro benzene ring substituents is 1. The molecule has 1 aromatic heterocycles. The van der Waals surface area contributed by atoms with Gasteiger partial charge in [-0.1, -0.05) is 0 Å². The van der Waals surface area contributed by atoms with E-state index in [-0.39, 0.29) is 11.5 Å². The van der Waals surface area contributed by atoms with Crippen LogP contribution in [0.5, 0.6) is 0 Å². The zero-order valence-electron chi connectivity index (χ0n) is 11.4. The van der Waals surface area contributed by atoms with Crippen molar-refractivity contribution in [3.63, 3.8) is 0 Å². The summed E-state index contributed by atoms with van der Waals surface area (Å²) in [4.78, 5) is 25.6. The summed E-state index contributed by atoms with van der Waals surface area (Å²) in [5.74, 6) is -0.792. The van der Waals surface area contributed by atoms with Crippen molar-refractivity contribution in [3.8, 4) is 5.69 Å². The minimum absolute atomic E-state index is 0.0847. The van der Waals surface area contributed by atoms with E-state index >= 15 is 0 Å². The van der Waals surface area contributed by atoms with Gasteiger partial charge in [0.05, 0.1) is 17.7 Å². The molecule has 0 atom stereocenters. The standard InChI is InChI=1S/C12H13N5O4/c1-3-13-8-4-9(6-10(5-8)17(19)20)16-7-14-11(15-16)12(18)21-2/h4-7,13H,3H2,1-2H3. The first kappa shape index (κ1) is 14.4. The van der Waals surface area contributed by atoms with Gasteiger partial charge in [0.15, 0.2) is 0 Å². The predicted molar refractivity (Wildman–Crippen MR) is 73.5 cm³/mol. The quantitative estimate of drug-likeness (QED) is 0.503. The molecular weight excluding hydrogens is 278 g/mol. The van der Waals surface area contributed by atoms with Crippen LogP contribution < -0.4 is 5.32 Å². The van der Waals surface area contributed by atoms with Gasteiger partial charge >= 0.3 is 5.97 Å². The maximum Gasteiger partial charge on any atom is 0.377 e. The first-order chi connectivity index (χ1) is 10.0. The van der Waals surface area contributed by atoms with Gasteiger partial charge in [0.1, 0.15) is 6.33 Å². The maximum atomic E-state index is 11.3. The number of methoxy groups -OCH3 is 1. The number of carbonyl (C=O) groups is 1. The molecule has 0 spiro atoms. The second kappa shape index (κ2) is 5.99. The summed E-state index contributed by atoms with van der Waals surface area (Å²) in [6.45, 7) is 2.49. The Labute approximate surface area is 119 Å². The molecule has 21 heavy (non-hydrogen) atoms. The molecule has 0 aliphatic heterocycles. The Kier molecular flexibility index (Phi) is 4.12. The molecule has 9 heteroatoms. The van der Waals surface area contributed by atoms with Gasteiger partial charge in [-0.2, -0.15) is 0 Å². The van der Waals surface area contributed by atoms with Gasteiger partial charge in [-0.15, -0.1) is 5.10 Å².